The van der Waals surface area contributed by atoms with Crippen LogP contribution >= 0.6 is 23.2 Å². The number of carbonyl (C=O) groups excluding carboxylic acids is 2. The summed E-state index contributed by atoms with van der Waals surface area (Å²) in [5, 5.41) is 31.3. The van der Waals surface area contributed by atoms with Crippen LogP contribution in [0.5, 0.6) is 0 Å². The lowest BCUT2D eigenvalue weighted by Gasteiger charge is -2.17. The smallest absolute Gasteiger partial charge is 0.222 e. The van der Waals surface area contributed by atoms with Crippen LogP contribution in [-0.2, 0) is 9.59 Å². The summed E-state index contributed by atoms with van der Waals surface area (Å²) in [6.45, 7) is 0. The molecule has 6 aromatic rings. The molecule has 0 aromatic heterocycles. The highest BCUT2D eigenvalue weighted by Crippen LogP contribution is 2.34. The molecule has 0 fully saturated rings. The Morgan fingerprint density at radius 3 is 1.26 bits per heavy atom. The Balaban J connectivity index is 1.01. The van der Waals surface area contributed by atoms with Crippen LogP contribution in [0.2, 0.25) is 10.0 Å². The van der Waals surface area contributed by atoms with Gasteiger partial charge in [-0.15, -0.1) is 0 Å². The van der Waals surface area contributed by atoms with Crippen molar-refractivity contribution < 1.29 is 19.8 Å². The minimum Gasteiger partial charge on any atom is -0.493 e. The molecule has 4 N–H and O–H groups in total. The molecule has 0 bridgehead atoms. The van der Waals surface area contributed by atoms with Crippen LogP contribution in [0.3, 0.4) is 0 Å². The molecule has 0 spiro atoms. The van der Waals surface area contributed by atoms with Crippen LogP contribution in [0.15, 0.2) is 177 Å². The number of anilines is 2. The van der Waals surface area contributed by atoms with E-state index in [-0.39, 0.29) is 22.6 Å². The van der Waals surface area contributed by atoms with E-state index in [2.05, 4.69) is 31.0 Å². The van der Waals surface area contributed by atoms with Crippen molar-refractivity contribution in [1.29, 1.82) is 0 Å². The SMILES string of the molecule is O=C1C(C(O)=Nc2ccccc2)=Cc2ccccc2/C1=N/Nc1ccc(-c2ccc(N/N=C3\C(=O)C(C(O)=Nc4ccccc4)=Cc4ccccc43)c(Cl)c2)cc1Cl. The van der Waals surface area contributed by atoms with E-state index in [4.69, 9.17) is 23.2 Å². The van der Waals surface area contributed by atoms with E-state index >= 15 is 0 Å². The fraction of sp³-hybridized carbons (Fsp3) is 0. The van der Waals surface area contributed by atoms with Crippen LogP contribution in [0.25, 0.3) is 23.3 Å². The number of hydrogen-bond donors (Lipinski definition) is 4. The van der Waals surface area contributed by atoms with E-state index in [0.717, 1.165) is 11.1 Å². The summed E-state index contributed by atoms with van der Waals surface area (Å²) in [6, 6.07) is 42.7. The van der Waals surface area contributed by atoms with Crippen molar-refractivity contribution in [3.05, 3.63) is 189 Å². The molecule has 58 heavy (non-hydrogen) atoms. The third kappa shape index (κ3) is 7.83. The summed E-state index contributed by atoms with van der Waals surface area (Å²) in [7, 11) is 0. The number of nitrogens with zero attached hydrogens (tertiary/aromatic N) is 4. The van der Waals surface area contributed by atoms with Gasteiger partial charge in [-0.25, -0.2) is 9.98 Å². The van der Waals surface area contributed by atoms with Gasteiger partial charge in [0, 0.05) is 11.1 Å². The number of carbonyl (C=O) groups is 2. The van der Waals surface area contributed by atoms with E-state index in [0.29, 0.717) is 55.0 Å². The van der Waals surface area contributed by atoms with Crippen LogP contribution in [0.4, 0.5) is 22.7 Å². The molecule has 0 unspecified atom stereocenters. The number of nitrogens with one attached hydrogen (secondary N) is 2. The predicted molar refractivity (Wildman–Crippen MR) is 233 cm³/mol. The molecule has 0 heterocycles. The number of fused-ring (bicyclic) bond motifs is 2. The topological polar surface area (TPSA) is 148 Å². The molecular formula is C46H30Cl2N6O4. The Labute approximate surface area is 342 Å². The second-order valence-electron chi connectivity index (χ2n) is 13.0. The van der Waals surface area contributed by atoms with Gasteiger partial charge in [0.1, 0.15) is 11.4 Å². The molecule has 2 aliphatic carbocycles. The Kier molecular flexibility index (Phi) is 10.6. The van der Waals surface area contributed by atoms with Gasteiger partial charge >= 0.3 is 0 Å². The maximum atomic E-state index is 13.7. The monoisotopic (exact) mass is 800 g/mol. The van der Waals surface area contributed by atoms with Crippen LogP contribution in [0.1, 0.15) is 22.3 Å². The Morgan fingerprint density at radius 1 is 0.483 bits per heavy atom. The Morgan fingerprint density at radius 2 is 0.862 bits per heavy atom. The van der Waals surface area contributed by atoms with Gasteiger partial charge in [-0.05, 0) is 82.9 Å². The molecule has 0 saturated heterocycles. The van der Waals surface area contributed by atoms with E-state index in [9.17, 15) is 19.8 Å². The van der Waals surface area contributed by atoms with Gasteiger partial charge in [-0.3, -0.25) is 20.4 Å². The summed E-state index contributed by atoms with van der Waals surface area (Å²) in [4.78, 5) is 35.8. The zero-order chi connectivity index (χ0) is 40.2. The highest BCUT2D eigenvalue weighted by molar-refractivity contribution is 6.59. The lowest BCUT2D eigenvalue weighted by Crippen LogP contribution is -2.27. The molecule has 0 radical (unpaired) electrons. The maximum absolute atomic E-state index is 13.7. The number of hydrazone groups is 2. The van der Waals surface area contributed by atoms with Crippen LogP contribution in [0, 0.1) is 0 Å². The number of rotatable bonds is 9. The first-order valence-electron chi connectivity index (χ1n) is 17.9. The van der Waals surface area contributed by atoms with Crippen molar-refractivity contribution in [2.24, 2.45) is 20.2 Å². The third-order valence-electron chi connectivity index (χ3n) is 9.26. The van der Waals surface area contributed by atoms with E-state index in [1.165, 1.54) is 0 Å². The normalized spacial score (nSPS) is 15.4. The van der Waals surface area contributed by atoms with Gasteiger partial charge in [-0.1, -0.05) is 120 Å². The number of aliphatic hydroxyl groups excluding tert-OH is 2. The summed E-state index contributed by atoms with van der Waals surface area (Å²) in [6.07, 6.45) is 3.19. The average molecular weight is 802 g/mol. The van der Waals surface area contributed by atoms with Crippen LogP contribution in [-0.4, -0.2) is 45.0 Å². The fourth-order valence-corrected chi connectivity index (χ4v) is 6.79. The van der Waals surface area contributed by atoms with Gasteiger partial charge in [0.2, 0.25) is 23.4 Å². The first-order chi connectivity index (χ1) is 28.2. The zero-order valence-corrected chi connectivity index (χ0v) is 31.8. The van der Waals surface area contributed by atoms with Crippen molar-refractivity contribution in [1.82, 2.24) is 0 Å². The van der Waals surface area contributed by atoms with Gasteiger partial charge in [0.05, 0.1) is 43.9 Å². The molecule has 0 aliphatic heterocycles. The van der Waals surface area contributed by atoms with E-state index in [1.54, 1.807) is 109 Å². The van der Waals surface area contributed by atoms with Crippen molar-refractivity contribution in [2.75, 3.05) is 10.9 Å². The van der Waals surface area contributed by atoms with Gasteiger partial charge in [0.25, 0.3) is 0 Å². The second kappa shape index (κ2) is 16.4. The minimum absolute atomic E-state index is 0.00934. The van der Waals surface area contributed by atoms with Crippen molar-refractivity contribution in [2.45, 2.75) is 0 Å². The lowest BCUT2D eigenvalue weighted by molar-refractivity contribution is -0.110. The van der Waals surface area contributed by atoms with E-state index < -0.39 is 23.4 Å². The van der Waals surface area contributed by atoms with E-state index in [1.807, 2.05) is 48.5 Å². The van der Waals surface area contributed by atoms with Crippen molar-refractivity contribution in [3.8, 4) is 11.1 Å². The highest BCUT2D eigenvalue weighted by Gasteiger charge is 2.30. The standard InChI is InChI=1S/C46H30Cl2N6O4/c47-37-25-27(19-21-39(37)51-53-41-33-17-9-7-11-29(33)23-35(43(41)55)45(57)49-31-13-3-1-4-14-31)28-20-22-40(38(48)26-28)52-54-42-34-18-10-8-12-30(34)24-36(44(42)56)46(58)50-32-15-5-2-6-16-32/h1-26,51-52H,(H,49,57)(H,50,58)/b53-41-,54-42-. The summed E-state index contributed by atoms with van der Waals surface area (Å²) in [5.41, 5.74) is 12.0. The molecule has 282 valence electrons. The number of aliphatic imine (C=N–C) groups is 2. The summed E-state index contributed by atoms with van der Waals surface area (Å²) in [5.74, 6) is -1.85. The van der Waals surface area contributed by atoms with Crippen molar-refractivity contribution in [3.63, 3.8) is 0 Å². The van der Waals surface area contributed by atoms with Crippen molar-refractivity contribution >= 4 is 92.9 Å². The number of para-hydroxylation sites is 2. The molecule has 0 saturated carbocycles. The lowest BCUT2D eigenvalue weighted by atomic mass is 9.89. The first-order valence-corrected chi connectivity index (χ1v) is 18.6. The van der Waals surface area contributed by atoms with Gasteiger partial charge < -0.3 is 10.2 Å². The minimum atomic E-state index is -0.506. The number of aliphatic hydroxyl groups is 2. The molecule has 10 nitrogen and oxygen atoms in total. The molecule has 0 atom stereocenters. The molecule has 6 aromatic carbocycles. The molecule has 8 rings (SSSR count). The molecule has 2 aliphatic rings. The Hall–Kier alpha value is -7.40. The first kappa shape index (κ1) is 37.5. The number of Topliss-reactive ketones (excluding diaryl/α,β-unsaturated/α-hetero) is 2. The van der Waals surface area contributed by atoms with Crippen LogP contribution < -0.4 is 10.9 Å². The largest absolute Gasteiger partial charge is 0.493 e. The highest BCUT2D eigenvalue weighted by atomic mass is 35.5. The Bertz CT molecular complexity index is 2620. The fourth-order valence-electron chi connectivity index (χ4n) is 6.35. The molecule has 12 heteroatoms. The quantitative estimate of drug-likeness (QED) is 0.0650. The maximum Gasteiger partial charge on any atom is 0.222 e. The molecule has 0 amide bonds. The number of halogens is 2. The molecular weight excluding hydrogens is 771 g/mol. The average Bonchev–Trinajstić information content (AvgIpc) is 3.24. The second-order valence-corrected chi connectivity index (χ2v) is 13.8. The van der Waals surface area contributed by atoms with Gasteiger partial charge in [0.15, 0.2) is 0 Å². The summed E-state index contributed by atoms with van der Waals surface area (Å²) >= 11 is 13.5. The number of ketones is 2. The zero-order valence-electron chi connectivity index (χ0n) is 30.3. The third-order valence-corrected chi connectivity index (χ3v) is 9.89. The predicted octanol–water partition coefficient (Wildman–Crippen LogP) is 10.8. The number of benzene rings is 6. The number of hydrogen-bond acceptors (Lipinski definition) is 8. The summed E-state index contributed by atoms with van der Waals surface area (Å²) < 4.78 is 0. The van der Waals surface area contributed by atoms with Gasteiger partial charge in [-0.2, -0.15) is 10.2 Å².